The van der Waals surface area contributed by atoms with Crippen LogP contribution >= 0.6 is 24.8 Å². The van der Waals surface area contributed by atoms with Crippen LogP contribution in [0.1, 0.15) is 57.3 Å². The highest BCUT2D eigenvalue weighted by molar-refractivity contribution is 5.87. The Kier molecular flexibility index (Phi) is 19.4. The molecule has 1 saturated heterocycles. The Labute approximate surface area is 201 Å². The molecule has 182 valence electrons. The molecule has 0 aromatic heterocycles. The van der Waals surface area contributed by atoms with Gasteiger partial charge < -0.3 is 15.1 Å². The highest BCUT2D eigenvalue weighted by atomic mass is 35.5. The number of rotatable bonds is 10. The summed E-state index contributed by atoms with van der Waals surface area (Å²) >= 11 is 0. The number of halogens is 2. The Balaban J connectivity index is 0. The van der Waals surface area contributed by atoms with Crippen LogP contribution in [0.3, 0.4) is 0 Å². The third kappa shape index (κ3) is 15.5. The van der Waals surface area contributed by atoms with E-state index >= 15 is 0 Å². The van der Waals surface area contributed by atoms with E-state index in [2.05, 4.69) is 43.2 Å². The third-order valence-electron chi connectivity index (χ3n) is 4.79. The molecule has 0 radical (unpaired) electrons. The van der Waals surface area contributed by atoms with Gasteiger partial charge in [0, 0.05) is 6.54 Å². The summed E-state index contributed by atoms with van der Waals surface area (Å²) < 4.78 is 0. The Morgan fingerprint density at radius 2 is 1.42 bits per heavy atom. The fourth-order valence-corrected chi connectivity index (χ4v) is 3.16. The van der Waals surface area contributed by atoms with Gasteiger partial charge in [0.2, 0.25) is 0 Å². The summed E-state index contributed by atoms with van der Waals surface area (Å²) in [5, 5.41) is 25.9. The molecule has 0 spiro atoms. The van der Waals surface area contributed by atoms with Gasteiger partial charge in [0.15, 0.2) is 0 Å². The van der Waals surface area contributed by atoms with E-state index in [1.54, 1.807) is 30.3 Å². The first-order valence-electron chi connectivity index (χ1n) is 10.9. The second-order valence-electron chi connectivity index (χ2n) is 8.68. The summed E-state index contributed by atoms with van der Waals surface area (Å²) in [5.41, 5.74) is 0.331. The Hall–Kier alpha value is -0.890. The fourth-order valence-electron chi connectivity index (χ4n) is 3.16. The van der Waals surface area contributed by atoms with Gasteiger partial charge in [-0.05, 0) is 63.0 Å². The molecule has 1 heterocycles. The van der Waals surface area contributed by atoms with Crippen molar-refractivity contribution < 1.29 is 15.0 Å². The van der Waals surface area contributed by atoms with Gasteiger partial charge in [0.25, 0.3) is 0 Å². The molecule has 0 bridgehead atoms. The summed E-state index contributed by atoms with van der Waals surface area (Å²) in [6, 6.07) is 8.30. The summed E-state index contributed by atoms with van der Waals surface area (Å²) in [5.74, 6) is 0.316. The van der Waals surface area contributed by atoms with Crippen LogP contribution in [0.25, 0.3) is 0 Å². The Morgan fingerprint density at radius 1 is 0.935 bits per heavy atom. The van der Waals surface area contributed by atoms with E-state index in [0.717, 1.165) is 32.7 Å². The van der Waals surface area contributed by atoms with Gasteiger partial charge in [-0.15, -0.1) is 24.8 Å². The summed E-state index contributed by atoms with van der Waals surface area (Å²) in [6.07, 6.45) is 3.55. The van der Waals surface area contributed by atoms with Crippen molar-refractivity contribution in [2.75, 3.05) is 32.7 Å². The van der Waals surface area contributed by atoms with Crippen LogP contribution in [0, 0.1) is 11.8 Å². The number of aromatic carboxylic acids is 1. The van der Waals surface area contributed by atoms with Gasteiger partial charge in [-0.25, -0.2) is 4.79 Å². The number of likely N-dealkylation sites (tertiary alicyclic amines) is 1. The molecule has 6 nitrogen and oxygen atoms in total. The average Bonchev–Trinajstić information content (AvgIpc) is 2.69. The third-order valence-corrected chi connectivity index (χ3v) is 4.79. The first kappa shape index (κ1) is 32.3. The predicted octanol–water partition coefficient (Wildman–Crippen LogP) is 3.88. The molecule has 1 atom stereocenters. The molecular weight excluding hydrogens is 437 g/mol. The lowest BCUT2D eigenvalue weighted by molar-refractivity contribution is 0.0584. The standard InChI is InChI=1S/C16H35N3O.C7H6O2.2ClH/c1-13(2)10-17-16(18-11-14(3)4)15(20)12-19-8-6-5-7-9-19;8-7(9)6-4-2-1-3-5-6;;/h13-18,20H,5-12H2,1-4H3;1-5H,(H,8,9);2*1H. The zero-order valence-corrected chi connectivity index (χ0v) is 21.1. The number of hydrogen-bond donors (Lipinski definition) is 4. The summed E-state index contributed by atoms with van der Waals surface area (Å²) in [7, 11) is 0. The van der Waals surface area contributed by atoms with Crippen LogP contribution in [0.2, 0.25) is 0 Å². The number of aliphatic hydroxyl groups is 1. The first-order valence-corrected chi connectivity index (χ1v) is 10.9. The van der Waals surface area contributed by atoms with E-state index in [0.29, 0.717) is 17.4 Å². The molecule has 1 aliphatic heterocycles. The quantitative estimate of drug-likeness (QED) is 0.381. The Bertz CT molecular complexity index is 544. The van der Waals surface area contributed by atoms with Crippen molar-refractivity contribution in [3.63, 3.8) is 0 Å². The fraction of sp³-hybridized carbons (Fsp3) is 0.696. The maximum absolute atomic E-state index is 10.5. The molecule has 8 heteroatoms. The lowest BCUT2D eigenvalue weighted by Crippen LogP contribution is -2.56. The van der Waals surface area contributed by atoms with E-state index in [-0.39, 0.29) is 37.1 Å². The van der Waals surface area contributed by atoms with Crippen molar-refractivity contribution in [3.8, 4) is 0 Å². The maximum atomic E-state index is 10.5. The molecule has 0 aliphatic carbocycles. The largest absolute Gasteiger partial charge is 0.478 e. The van der Waals surface area contributed by atoms with Crippen molar-refractivity contribution in [2.45, 2.75) is 59.2 Å². The van der Waals surface area contributed by atoms with Crippen LogP contribution in [-0.4, -0.2) is 66.1 Å². The normalized spacial score (nSPS) is 15.0. The van der Waals surface area contributed by atoms with E-state index < -0.39 is 5.97 Å². The zero-order valence-electron chi connectivity index (χ0n) is 19.4. The molecule has 1 fully saturated rings. The highest BCUT2D eigenvalue weighted by Crippen LogP contribution is 2.10. The number of carboxylic acid groups (broad SMARTS) is 1. The molecule has 1 aliphatic rings. The lowest BCUT2D eigenvalue weighted by Gasteiger charge is -2.33. The van der Waals surface area contributed by atoms with E-state index in [1.807, 2.05) is 0 Å². The van der Waals surface area contributed by atoms with Gasteiger partial charge in [0.05, 0.1) is 17.8 Å². The molecular formula is C23H43Cl2N3O3. The van der Waals surface area contributed by atoms with Crippen molar-refractivity contribution in [2.24, 2.45) is 11.8 Å². The molecule has 2 rings (SSSR count). The summed E-state index contributed by atoms with van der Waals surface area (Å²) in [6.45, 7) is 13.7. The second kappa shape index (κ2) is 18.7. The topological polar surface area (TPSA) is 84.8 Å². The predicted molar refractivity (Wildman–Crippen MR) is 134 cm³/mol. The van der Waals surface area contributed by atoms with Crippen LogP contribution in [0.5, 0.6) is 0 Å². The monoisotopic (exact) mass is 479 g/mol. The smallest absolute Gasteiger partial charge is 0.335 e. The van der Waals surface area contributed by atoms with Crippen LogP contribution in [0.15, 0.2) is 30.3 Å². The molecule has 31 heavy (non-hydrogen) atoms. The number of carbonyl (C=O) groups is 1. The maximum Gasteiger partial charge on any atom is 0.335 e. The number of nitrogens with one attached hydrogen (secondary N) is 2. The average molecular weight is 481 g/mol. The van der Waals surface area contributed by atoms with Crippen LogP contribution in [-0.2, 0) is 0 Å². The molecule has 4 N–H and O–H groups in total. The number of hydrogen-bond acceptors (Lipinski definition) is 5. The number of nitrogens with zero attached hydrogens (tertiary/aromatic N) is 1. The number of carboxylic acids is 1. The van der Waals surface area contributed by atoms with Gasteiger partial charge in [-0.3, -0.25) is 10.6 Å². The minimum atomic E-state index is -0.879. The number of β-amino-alcohol motifs (C(OH)–C–C–N with tert-alkyl or cyclic N) is 1. The van der Waals surface area contributed by atoms with Gasteiger partial charge in [-0.2, -0.15) is 0 Å². The van der Waals surface area contributed by atoms with Crippen molar-refractivity contribution >= 4 is 30.8 Å². The first-order chi connectivity index (χ1) is 13.8. The van der Waals surface area contributed by atoms with E-state index in [1.165, 1.54) is 19.3 Å². The van der Waals surface area contributed by atoms with Gasteiger partial charge >= 0.3 is 5.97 Å². The molecule has 1 unspecified atom stereocenters. The number of aliphatic hydroxyl groups excluding tert-OH is 1. The van der Waals surface area contributed by atoms with Crippen molar-refractivity contribution in [3.05, 3.63) is 35.9 Å². The van der Waals surface area contributed by atoms with Crippen molar-refractivity contribution in [1.82, 2.24) is 15.5 Å². The minimum Gasteiger partial charge on any atom is -0.478 e. The van der Waals surface area contributed by atoms with Gasteiger partial charge in [-0.1, -0.05) is 52.3 Å². The molecule has 0 saturated carbocycles. The van der Waals surface area contributed by atoms with Crippen LogP contribution < -0.4 is 10.6 Å². The Morgan fingerprint density at radius 3 is 1.81 bits per heavy atom. The van der Waals surface area contributed by atoms with Crippen molar-refractivity contribution in [1.29, 1.82) is 0 Å². The number of piperidine rings is 1. The minimum absolute atomic E-state index is 0. The zero-order chi connectivity index (χ0) is 21.6. The van der Waals surface area contributed by atoms with Crippen LogP contribution in [0.4, 0.5) is 0 Å². The van der Waals surface area contributed by atoms with Gasteiger partial charge in [0.1, 0.15) is 0 Å². The number of benzene rings is 1. The summed E-state index contributed by atoms with van der Waals surface area (Å²) in [4.78, 5) is 12.6. The van der Waals surface area contributed by atoms with E-state index in [4.69, 9.17) is 5.11 Å². The molecule has 1 aromatic rings. The lowest BCUT2D eigenvalue weighted by atomic mass is 10.1. The molecule has 1 aromatic carbocycles. The molecule has 0 amide bonds. The van der Waals surface area contributed by atoms with E-state index in [9.17, 15) is 9.90 Å². The second-order valence-corrected chi connectivity index (χ2v) is 8.68. The highest BCUT2D eigenvalue weighted by Gasteiger charge is 2.22. The SMILES string of the molecule is CC(C)CNC(NCC(C)C)C(O)CN1CCCCC1.Cl.Cl.O=C(O)c1ccccc1.